The van der Waals surface area contributed by atoms with Crippen LogP contribution in [0.25, 0.3) is 0 Å². The van der Waals surface area contributed by atoms with Crippen molar-refractivity contribution in [2.45, 2.75) is 25.9 Å². The molecule has 0 spiro atoms. The first-order valence-electron chi connectivity index (χ1n) is 4.11. The van der Waals surface area contributed by atoms with Crippen LogP contribution in [-0.2, 0) is 4.79 Å². The van der Waals surface area contributed by atoms with E-state index in [4.69, 9.17) is 5.11 Å². The van der Waals surface area contributed by atoms with Crippen molar-refractivity contribution >= 4 is 5.91 Å². The van der Waals surface area contributed by atoms with E-state index in [9.17, 15) is 4.79 Å². The highest BCUT2D eigenvalue weighted by Crippen LogP contribution is 2.25. The second-order valence-electron chi connectivity index (χ2n) is 3.08. The summed E-state index contributed by atoms with van der Waals surface area (Å²) in [5.41, 5.74) is 0. The average molecular weight is 167 g/mol. The molecule has 0 atom stereocenters. The Morgan fingerprint density at radius 2 is 2.33 bits per heavy atom. The maximum atomic E-state index is 10.8. The third kappa shape index (κ3) is 2.55. The van der Waals surface area contributed by atoms with Gasteiger partial charge < -0.3 is 10.4 Å². The molecular formula is C9H13NO2. The van der Waals surface area contributed by atoms with Gasteiger partial charge in [-0.2, -0.15) is 0 Å². The molecule has 1 fully saturated rings. The summed E-state index contributed by atoms with van der Waals surface area (Å²) in [7, 11) is 0. The van der Waals surface area contributed by atoms with Gasteiger partial charge in [0.15, 0.2) is 0 Å². The molecule has 12 heavy (non-hydrogen) atoms. The Bertz CT molecular complexity index is 220. The zero-order chi connectivity index (χ0) is 8.97. The van der Waals surface area contributed by atoms with E-state index in [0.29, 0.717) is 12.5 Å². The zero-order valence-corrected chi connectivity index (χ0v) is 7.13. The van der Waals surface area contributed by atoms with E-state index in [-0.39, 0.29) is 12.0 Å². The molecule has 1 aliphatic carbocycles. The van der Waals surface area contributed by atoms with Crippen molar-refractivity contribution in [3.8, 4) is 11.8 Å². The Morgan fingerprint density at radius 3 is 2.83 bits per heavy atom. The molecule has 0 saturated heterocycles. The van der Waals surface area contributed by atoms with Crippen LogP contribution in [0.15, 0.2) is 0 Å². The van der Waals surface area contributed by atoms with Crippen molar-refractivity contribution in [2.24, 2.45) is 5.92 Å². The van der Waals surface area contributed by atoms with E-state index < -0.39 is 0 Å². The van der Waals surface area contributed by atoms with Crippen molar-refractivity contribution in [3.63, 3.8) is 0 Å². The smallest absolute Gasteiger partial charge is 0.295 e. The van der Waals surface area contributed by atoms with Crippen LogP contribution in [0.2, 0.25) is 0 Å². The third-order valence-corrected chi connectivity index (χ3v) is 2.00. The average Bonchev–Trinajstić information content (AvgIpc) is 1.96. The molecule has 1 amide bonds. The van der Waals surface area contributed by atoms with E-state index in [1.165, 1.54) is 0 Å². The standard InChI is InChI=1S/C9H13NO2/c1-2-3-9(12)10-6-7-4-8(11)5-7/h7-8,11H,4-6H2,1H3,(H,10,12). The van der Waals surface area contributed by atoms with Gasteiger partial charge in [-0.15, -0.1) is 0 Å². The number of aliphatic hydroxyl groups excluding tert-OH is 1. The summed E-state index contributed by atoms with van der Waals surface area (Å²) >= 11 is 0. The van der Waals surface area contributed by atoms with Crippen LogP contribution < -0.4 is 5.32 Å². The molecule has 0 aliphatic heterocycles. The van der Waals surface area contributed by atoms with Gasteiger partial charge in [0.2, 0.25) is 0 Å². The maximum absolute atomic E-state index is 10.8. The van der Waals surface area contributed by atoms with Crippen LogP contribution in [0.3, 0.4) is 0 Å². The van der Waals surface area contributed by atoms with Crippen molar-refractivity contribution in [1.29, 1.82) is 0 Å². The van der Waals surface area contributed by atoms with Crippen molar-refractivity contribution < 1.29 is 9.90 Å². The van der Waals surface area contributed by atoms with Gasteiger partial charge >= 0.3 is 0 Å². The number of nitrogens with one attached hydrogen (secondary N) is 1. The first-order chi connectivity index (χ1) is 5.72. The second kappa shape index (κ2) is 4.13. The number of carbonyl (C=O) groups is 1. The molecule has 0 heterocycles. The molecule has 2 N–H and O–H groups in total. The summed E-state index contributed by atoms with van der Waals surface area (Å²) in [6.45, 7) is 2.28. The predicted molar refractivity (Wildman–Crippen MR) is 45.2 cm³/mol. The van der Waals surface area contributed by atoms with Gasteiger partial charge in [0.25, 0.3) is 5.91 Å². The maximum Gasteiger partial charge on any atom is 0.295 e. The quantitative estimate of drug-likeness (QED) is 0.564. The van der Waals surface area contributed by atoms with Crippen LogP contribution in [-0.4, -0.2) is 23.7 Å². The Hall–Kier alpha value is -1.01. The minimum atomic E-state index is -0.223. The minimum Gasteiger partial charge on any atom is -0.393 e. The third-order valence-electron chi connectivity index (χ3n) is 2.00. The topological polar surface area (TPSA) is 49.3 Å². The normalized spacial score (nSPS) is 26.5. The van der Waals surface area contributed by atoms with Crippen LogP contribution in [0, 0.1) is 17.8 Å². The molecule has 0 aromatic heterocycles. The Kier molecular flexibility index (Phi) is 3.12. The van der Waals surface area contributed by atoms with E-state index >= 15 is 0 Å². The van der Waals surface area contributed by atoms with Gasteiger partial charge in [0, 0.05) is 6.54 Å². The molecule has 3 heteroatoms. The zero-order valence-electron chi connectivity index (χ0n) is 7.13. The lowest BCUT2D eigenvalue weighted by Crippen LogP contribution is -2.38. The summed E-state index contributed by atoms with van der Waals surface area (Å²) in [6.07, 6.45) is 1.46. The fourth-order valence-corrected chi connectivity index (χ4v) is 1.26. The Balaban J connectivity index is 2.09. The van der Waals surface area contributed by atoms with Crippen LogP contribution in [0.4, 0.5) is 0 Å². The highest BCUT2D eigenvalue weighted by molar-refractivity contribution is 5.93. The monoisotopic (exact) mass is 167 g/mol. The Labute approximate surface area is 72.2 Å². The van der Waals surface area contributed by atoms with Gasteiger partial charge in [0.1, 0.15) is 0 Å². The van der Waals surface area contributed by atoms with Gasteiger partial charge in [-0.25, -0.2) is 0 Å². The van der Waals surface area contributed by atoms with E-state index in [0.717, 1.165) is 12.8 Å². The molecular weight excluding hydrogens is 154 g/mol. The molecule has 0 bridgehead atoms. The summed E-state index contributed by atoms with van der Waals surface area (Å²) < 4.78 is 0. The lowest BCUT2D eigenvalue weighted by Gasteiger charge is -2.30. The summed E-state index contributed by atoms with van der Waals surface area (Å²) in [6, 6.07) is 0. The number of carbonyl (C=O) groups excluding carboxylic acids is 1. The molecule has 0 aromatic carbocycles. The first kappa shape index (κ1) is 9.08. The molecule has 0 radical (unpaired) electrons. The second-order valence-corrected chi connectivity index (χ2v) is 3.08. The fraction of sp³-hybridized carbons (Fsp3) is 0.667. The van der Waals surface area contributed by atoms with Crippen LogP contribution in [0.1, 0.15) is 19.8 Å². The summed E-state index contributed by atoms with van der Waals surface area (Å²) in [5, 5.41) is 11.6. The first-order valence-corrected chi connectivity index (χ1v) is 4.11. The van der Waals surface area contributed by atoms with Crippen LogP contribution >= 0.6 is 0 Å². The van der Waals surface area contributed by atoms with Gasteiger partial charge in [-0.3, -0.25) is 4.79 Å². The fourth-order valence-electron chi connectivity index (χ4n) is 1.26. The SMILES string of the molecule is CC#CC(=O)NCC1CC(O)C1. The van der Waals surface area contributed by atoms with Crippen molar-refractivity contribution in [1.82, 2.24) is 5.32 Å². The highest BCUT2D eigenvalue weighted by Gasteiger charge is 2.26. The van der Waals surface area contributed by atoms with Crippen molar-refractivity contribution in [2.75, 3.05) is 6.54 Å². The minimum absolute atomic E-state index is 0.149. The molecule has 1 rings (SSSR count). The lowest BCUT2D eigenvalue weighted by molar-refractivity contribution is -0.116. The number of amides is 1. The van der Waals surface area contributed by atoms with Gasteiger partial charge in [-0.05, 0) is 31.6 Å². The molecule has 0 aromatic rings. The lowest BCUT2D eigenvalue weighted by atomic mass is 9.82. The molecule has 3 nitrogen and oxygen atoms in total. The molecule has 0 unspecified atom stereocenters. The van der Waals surface area contributed by atoms with Crippen LogP contribution in [0.5, 0.6) is 0 Å². The van der Waals surface area contributed by atoms with Gasteiger partial charge in [-0.1, -0.05) is 5.92 Å². The summed E-state index contributed by atoms with van der Waals surface area (Å²) in [4.78, 5) is 10.8. The van der Waals surface area contributed by atoms with E-state index in [1.54, 1.807) is 6.92 Å². The highest BCUT2D eigenvalue weighted by atomic mass is 16.3. The Morgan fingerprint density at radius 1 is 1.67 bits per heavy atom. The molecule has 66 valence electrons. The summed E-state index contributed by atoms with van der Waals surface area (Å²) in [5.74, 6) is 5.15. The van der Waals surface area contributed by atoms with Crippen molar-refractivity contribution in [3.05, 3.63) is 0 Å². The number of rotatable bonds is 2. The predicted octanol–water partition coefficient (Wildman–Crippen LogP) is -0.103. The van der Waals surface area contributed by atoms with Gasteiger partial charge in [0.05, 0.1) is 6.10 Å². The van der Waals surface area contributed by atoms with E-state index in [1.807, 2.05) is 0 Å². The number of hydrogen-bond donors (Lipinski definition) is 2. The number of hydrogen-bond acceptors (Lipinski definition) is 2. The largest absolute Gasteiger partial charge is 0.393 e. The number of aliphatic hydroxyl groups is 1. The molecule has 1 aliphatic rings. The van der Waals surface area contributed by atoms with E-state index in [2.05, 4.69) is 17.2 Å². The molecule has 1 saturated carbocycles.